The van der Waals surface area contributed by atoms with Crippen LogP contribution in [0.25, 0.3) is 6.08 Å². The minimum absolute atomic E-state index is 0.107. The molecule has 1 fully saturated rings. The highest BCUT2D eigenvalue weighted by Gasteiger charge is 2.36. The van der Waals surface area contributed by atoms with Gasteiger partial charge in [0, 0.05) is 0 Å². The van der Waals surface area contributed by atoms with Crippen LogP contribution in [0, 0.1) is 14.9 Å². The zero-order chi connectivity index (χ0) is 21.8. The highest BCUT2D eigenvalue weighted by atomic mass is 127. The molecule has 3 rings (SSSR count). The summed E-state index contributed by atoms with van der Waals surface area (Å²) in [4.78, 5) is 38.6. The first-order valence-electron chi connectivity index (χ1n) is 8.85. The molecule has 7 nitrogen and oxygen atoms in total. The summed E-state index contributed by atoms with van der Waals surface area (Å²) >= 11 is 5.41. The number of carbonyl (C=O) groups is 3. The molecule has 1 saturated heterocycles. The number of nitriles is 1. The summed E-state index contributed by atoms with van der Waals surface area (Å²) in [6.07, 6.45) is 2.24. The second kappa shape index (κ2) is 9.40. The summed E-state index contributed by atoms with van der Waals surface area (Å²) in [7, 11) is 0. The van der Waals surface area contributed by atoms with Crippen LogP contribution in [0.2, 0.25) is 0 Å². The van der Waals surface area contributed by atoms with E-state index in [0.29, 0.717) is 25.0 Å². The van der Waals surface area contributed by atoms with Crippen molar-refractivity contribution in [2.45, 2.75) is 13.3 Å². The van der Waals surface area contributed by atoms with E-state index in [-0.39, 0.29) is 12.2 Å². The highest BCUT2D eigenvalue weighted by molar-refractivity contribution is 14.1. The van der Waals surface area contributed by atoms with Gasteiger partial charge in [-0.05, 0) is 86.4 Å². The van der Waals surface area contributed by atoms with Gasteiger partial charge in [-0.1, -0.05) is 19.1 Å². The van der Waals surface area contributed by atoms with Crippen molar-refractivity contribution < 1.29 is 19.1 Å². The topological polar surface area (TPSA) is 99.5 Å². The van der Waals surface area contributed by atoms with Gasteiger partial charge in [0.25, 0.3) is 11.8 Å². The first-order chi connectivity index (χ1) is 14.3. The number of amides is 4. The van der Waals surface area contributed by atoms with Crippen molar-refractivity contribution in [3.05, 3.63) is 61.1 Å². The molecule has 0 bridgehead atoms. The number of barbiturate groups is 1. The van der Waals surface area contributed by atoms with Crippen LogP contribution in [0.4, 0.5) is 10.5 Å². The van der Waals surface area contributed by atoms with Gasteiger partial charge in [-0.2, -0.15) is 5.26 Å². The van der Waals surface area contributed by atoms with Gasteiger partial charge in [0.15, 0.2) is 6.61 Å². The third-order valence-electron chi connectivity index (χ3n) is 4.32. The molecule has 0 aliphatic carbocycles. The van der Waals surface area contributed by atoms with E-state index >= 15 is 0 Å². The summed E-state index contributed by atoms with van der Waals surface area (Å²) in [5, 5.41) is 10.9. The van der Waals surface area contributed by atoms with Gasteiger partial charge in [-0.3, -0.25) is 14.9 Å². The Morgan fingerprint density at radius 1 is 1.23 bits per heavy atom. The molecule has 30 heavy (non-hydrogen) atoms. The van der Waals surface area contributed by atoms with Crippen LogP contribution in [0.5, 0.6) is 5.75 Å². The third kappa shape index (κ3) is 4.55. The van der Waals surface area contributed by atoms with Crippen LogP contribution in [0.1, 0.15) is 18.1 Å². The SMILES string of the molecule is CCc1ccc(N2C(=O)NC(=O)/C(=C/c3cc(Br)c(OCC#N)c(I)c3)C2=O)cc1. The lowest BCUT2D eigenvalue weighted by atomic mass is 10.1. The van der Waals surface area contributed by atoms with Gasteiger partial charge in [0.05, 0.1) is 13.7 Å². The number of imide groups is 2. The number of hydrogen-bond donors (Lipinski definition) is 1. The molecule has 9 heteroatoms. The highest BCUT2D eigenvalue weighted by Crippen LogP contribution is 2.33. The first-order valence-corrected chi connectivity index (χ1v) is 10.7. The Balaban J connectivity index is 1.97. The van der Waals surface area contributed by atoms with Crippen LogP contribution in [0.3, 0.4) is 0 Å². The molecule has 0 radical (unpaired) electrons. The molecule has 152 valence electrons. The average Bonchev–Trinajstić information content (AvgIpc) is 2.71. The number of rotatable bonds is 5. The Morgan fingerprint density at radius 2 is 1.93 bits per heavy atom. The fraction of sp³-hybridized carbons (Fsp3) is 0.143. The number of carbonyl (C=O) groups excluding carboxylic acids is 3. The van der Waals surface area contributed by atoms with E-state index in [1.54, 1.807) is 24.3 Å². The van der Waals surface area contributed by atoms with Crippen molar-refractivity contribution >= 4 is 68.1 Å². The number of ether oxygens (including phenoxy) is 1. The normalized spacial score (nSPS) is 15.2. The molecule has 4 amide bonds. The Labute approximate surface area is 195 Å². The molecule has 1 aliphatic rings. The Hall–Kier alpha value is -2.71. The Bertz CT molecular complexity index is 1080. The van der Waals surface area contributed by atoms with Crippen molar-refractivity contribution in [2.24, 2.45) is 0 Å². The molecule has 1 N–H and O–H groups in total. The van der Waals surface area contributed by atoms with Crippen LogP contribution < -0.4 is 15.0 Å². The third-order valence-corrected chi connectivity index (χ3v) is 5.71. The van der Waals surface area contributed by atoms with Crippen molar-refractivity contribution in [3.8, 4) is 11.8 Å². The monoisotopic (exact) mass is 579 g/mol. The van der Waals surface area contributed by atoms with Gasteiger partial charge in [0.2, 0.25) is 0 Å². The van der Waals surface area contributed by atoms with E-state index < -0.39 is 17.8 Å². The van der Waals surface area contributed by atoms with Gasteiger partial charge in [0.1, 0.15) is 17.4 Å². The van der Waals surface area contributed by atoms with E-state index in [2.05, 4.69) is 21.2 Å². The molecule has 0 atom stereocenters. The molecular weight excluding hydrogens is 565 g/mol. The maximum Gasteiger partial charge on any atom is 0.335 e. The Kier molecular flexibility index (Phi) is 6.89. The maximum absolute atomic E-state index is 13.0. The summed E-state index contributed by atoms with van der Waals surface area (Å²) in [5.41, 5.74) is 1.84. The van der Waals surface area contributed by atoms with E-state index in [1.807, 2.05) is 47.7 Å². The predicted octanol–water partition coefficient (Wildman–Crippen LogP) is 4.18. The van der Waals surface area contributed by atoms with Crippen molar-refractivity contribution in [1.82, 2.24) is 5.32 Å². The summed E-state index contributed by atoms with van der Waals surface area (Å²) in [6.45, 7) is 1.90. The van der Waals surface area contributed by atoms with Crippen molar-refractivity contribution in [3.63, 3.8) is 0 Å². The zero-order valence-corrected chi connectivity index (χ0v) is 19.5. The first kappa shape index (κ1) is 22.0. The smallest absolute Gasteiger partial charge is 0.335 e. The molecule has 2 aromatic carbocycles. The van der Waals surface area contributed by atoms with E-state index in [1.165, 1.54) is 6.08 Å². The molecule has 2 aromatic rings. The van der Waals surface area contributed by atoms with Crippen molar-refractivity contribution in [1.29, 1.82) is 5.26 Å². The summed E-state index contributed by atoms with van der Waals surface area (Å²) < 4.78 is 6.64. The molecule has 0 spiro atoms. The minimum atomic E-state index is -0.789. The number of benzene rings is 2. The number of nitrogens with zero attached hydrogens (tertiary/aromatic N) is 2. The van der Waals surface area contributed by atoms with Gasteiger partial charge >= 0.3 is 6.03 Å². The zero-order valence-electron chi connectivity index (χ0n) is 15.7. The lowest BCUT2D eigenvalue weighted by Gasteiger charge is -2.26. The van der Waals surface area contributed by atoms with Gasteiger partial charge in [-0.25, -0.2) is 9.69 Å². The van der Waals surface area contributed by atoms with E-state index in [0.717, 1.165) is 16.9 Å². The number of halogens is 2. The van der Waals surface area contributed by atoms with Crippen LogP contribution >= 0.6 is 38.5 Å². The molecule has 0 unspecified atom stereocenters. The lowest BCUT2D eigenvalue weighted by molar-refractivity contribution is -0.122. The van der Waals surface area contributed by atoms with Gasteiger partial charge in [-0.15, -0.1) is 0 Å². The fourth-order valence-corrected chi connectivity index (χ4v) is 4.61. The quantitative estimate of drug-likeness (QED) is 0.325. The molecule has 0 saturated carbocycles. The minimum Gasteiger partial charge on any atom is -0.476 e. The number of hydrogen-bond acceptors (Lipinski definition) is 5. The molecular formula is C21H15BrIN3O4. The standard InChI is InChI=1S/C21H15BrIN3O4/c1-2-12-3-5-14(6-4-12)26-20(28)15(19(27)25-21(26)29)9-13-10-16(22)18(17(23)11-13)30-8-7-24/h3-6,9-11H,2,8H2,1H3,(H,25,27,29)/b15-9-. The average molecular weight is 580 g/mol. The predicted molar refractivity (Wildman–Crippen MR) is 123 cm³/mol. The molecule has 0 aromatic heterocycles. The number of urea groups is 1. The maximum atomic E-state index is 13.0. The van der Waals surface area contributed by atoms with Crippen molar-refractivity contribution in [2.75, 3.05) is 11.5 Å². The fourth-order valence-electron chi connectivity index (χ4n) is 2.84. The lowest BCUT2D eigenvalue weighted by Crippen LogP contribution is -2.54. The summed E-state index contributed by atoms with van der Waals surface area (Å²) in [5.74, 6) is -0.974. The largest absolute Gasteiger partial charge is 0.476 e. The van der Waals surface area contributed by atoms with E-state index in [9.17, 15) is 14.4 Å². The second-order valence-electron chi connectivity index (χ2n) is 6.24. The number of anilines is 1. The molecule has 1 aliphatic heterocycles. The number of aryl methyl sites for hydroxylation is 1. The second-order valence-corrected chi connectivity index (χ2v) is 8.25. The van der Waals surface area contributed by atoms with Gasteiger partial charge < -0.3 is 4.74 Å². The van der Waals surface area contributed by atoms with Crippen LogP contribution in [-0.4, -0.2) is 24.5 Å². The number of nitrogens with one attached hydrogen (secondary N) is 1. The Morgan fingerprint density at radius 3 is 2.53 bits per heavy atom. The van der Waals surface area contributed by atoms with Crippen LogP contribution in [-0.2, 0) is 16.0 Å². The summed E-state index contributed by atoms with van der Waals surface area (Å²) in [6, 6.07) is 11.5. The van der Waals surface area contributed by atoms with E-state index in [4.69, 9.17) is 10.00 Å². The van der Waals surface area contributed by atoms with Crippen LogP contribution in [0.15, 0.2) is 46.4 Å². The molecule has 1 heterocycles.